The molecule has 0 amide bonds. The number of hydrogen-bond acceptors (Lipinski definition) is 3. The second-order valence-electron chi connectivity index (χ2n) is 5.26. The van der Waals surface area contributed by atoms with Crippen LogP contribution < -0.4 is 10.5 Å². The smallest absolute Gasteiger partial charge is 0.138 e. The third kappa shape index (κ3) is 2.36. The summed E-state index contributed by atoms with van der Waals surface area (Å²) in [4.78, 5) is 0. The summed E-state index contributed by atoms with van der Waals surface area (Å²) in [6.07, 6.45) is 4.76. The van der Waals surface area contributed by atoms with E-state index in [0.29, 0.717) is 11.1 Å². The number of nitrogens with two attached hydrogens (primary N) is 1. The van der Waals surface area contributed by atoms with E-state index in [1.807, 2.05) is 23.9 Å². The van der Waals surface area contributed by atoms with Crippen LogP contribution in [0, 0.1) is 0 Å². The fourth-order valence-corrected chi connectivity index (χ4v) is 3.86. The molecule has 1 unspecified atom stereocenters. The molecule has 18 heavy (non-hydrogen) atoms. The summed E-state index contributed by atoms with van der Waals surface area (Å²) >= 11 is 8.25. The highest BCUT2D eigenvalue weighted by Crippen LogP contribution is 2.41. The third-order valence-electron chi connectivity index (χ3n) is 3.93. The average molecular weight is 284 g/mol. The summed E-state index contributed by atoms with van der Waals surface area (Å²) in [5, 5.41) is 0.695. The van der Waals surface area contributed by atoms with Crippen LogP contribution in [0.2, 0.25) is 5.02 Å². The average Bonchev–Trinajstić information content (AvgIpc) is 2.81. The molecule has 1 aromatic carbocycles. The second kappa shape index (κ2) is 4.95. The first-order valence-electron chi connectivity index (χ1n) is 6.51. The van der Waals surface area contributed by atoms with Crippen molar-refractivity contribution >= 4 is 23.4 Å². The molecular weight excluding hydrogens is 266 g/mol. The number of ether oxygens (including phenoxy) is 1. The molecule has 1 atom stereocenters. The van der Waals surface area contributed by atoms with Crippen LogP contribution in [-0.4, -0.2) is 17.6 Å². The van der Waals surface area contributed by atoms with Crippen LogP contribution in [0.4, 0.5) is 0 Å². The van der Waals surface area contributed by atoms with E-state index in [1.54, 1.807) is 0 Å². The quantitative estimate of drug-likeness (QED) is 0.921. The fraction of sp³-hybridized carbons (Fsp3) is 0.571. The van der Waals surface area contributed by atoms with Crippen molar-refractivity contribution in [3.63, 3.8) is 0 Å². The Bertz CT molecular complexity index is 441. The van der Waals surface area contributed by atoms with Gasteiger partial charge in [0, 0.05) is 11.3 Å². The van der Waals surface area contributed by atoms with Gasteiger partial charge in [-0.25, -0.2) is 0 Å². The van der Waals surface area contributed by atoms with Gasteiger partial charge in [0.1, 0.15) is 11.9 Å². The lowest BCUT2D eigenvalue weighted by molar-refractivity contribution is 0.228. The lowest BCUT2D eigenvalue weighted by Gasteiger charge is -2.38. The van der Waals surface area contributed by atoms with Crippen LogP contribution in [0.5, 0.6) is 5.75 Å². The molecule has 3 rings (SSSR count). The normalized spacial score (nSPS) is 25.8. The van der Waals surface area contributed by atoms with Gasteiger partial charge in [0.15, 0.2) is 0 Å². The summed E-state index contributed by atoms with van der Waals surface area (Å²) in [6, 6.07) is 6.04. The van der Waals surface area contributed by atoms with Gasteiger partial charge >= 0.3 is 0 Å². The van der Waals surface area contributed by atoms with Gasteiger partial charge in [-0.1, -0.05) is 17.7 Å². The molecule has 0 aromatic heterocycles. The molecule has 98 valence electrons. The number of thioether (sulfide) groups is 1. The summed E-state index contributed by atoms with van der Waals surface area (Å²) in [5.74, 6) is 3.06. The van der Waals surface area contributed by atoms with Crippen LogP contribution in [0.15, 0.2) is 18.2 Å². The standard InChI is InChI=1S/C14H18ClNOS/c15-12-8-10(14(16)5-1-6-14)2-3-13(12)17-11-4-7-18-9-11/h2-3,8,11H,1,4-7,9,16H2. The number of halogens is 1. The Hall–Kier alpha value is -0.380. The van der Waals surface area contributed by atoms with Crippen molar-refractivity contribution in [2.45, 2.75) is 37.3 Å². The zero-order valence-corrected chi connectivity index (χ0v) is 11.9. The Labute approximate surface area is 117 Å². The summed E-state index contributed by atoms with van der Waals surface area (Å²) in [5.41, 5.74) is 7.30. The molecule has 2 nitrogen and oxygen atoms in total. The van der Waals surface area contributed by atoms with E-state index in [2.05, 4.69) is 6.07 Å². The van der Waals surface area contributed by atoms with Crippen molar-refractivity contribution in [1.82, 2.24) is 0 Å². The molecule has 2 N–H and O–H groups in total. The molecule has 1 aromatic rings. The molecule has 1 aliphatic heterocycles. The lowest BCUT2D eigenvalue weighted by atomic mass is 9.73. The predicted octanol–water partition coefficient (Wildman–Crippen LogP) is 3.56. The highest BCUT2D eigenvalue weighted by atomic mass is 35.5. The van der Waals surface area contributed by atoms with Crippen molar-refractivity contribution < 1.29 is 4.74 Å². The van der Waals surface area contributed by atoms with Crippen molar-refractivity contribution in [2.24, 2.45) is 5.73 Å². The van der Waals surface area contributed by atoms with Crippen molar-refractivity contribution in [2.75, 3.05) is 11.5 Å². The Morgan fingerprint density at radius 1 is 1.39 bits per heavy atom. The minimum Gasteiger partial charge on any atom is -0.488 e. The van der Waals surface area contributed by atoms with Gasteiger partial charge in [0.25, 0.3) is 0 Å². The first kappa shape index (κ1) is 12.6. The monoisotopic (exact) mass is 283 g/mol. The fourth-order valence-electron chi connectivity index (χ4n) is 2.54. The molecule has 4 heteroatoms. The first-order valence-corrected chi connectivity index (χ1v) is 8.04. The summed E-state index contributed by atoms with van der Waals surface area (Å²) < 4.78 is 5.93. The van der Waals surface area contributed by atoms with Gasteiger partial charge < -0.3 is 10.5 Å². The zero-order chi connectivity index (χ0) is 12.6. The number of rotatable bonds is 3. The van der Waals surface area contributed by atoms with E-state index in [-0.39, 0.29) is 5.54 Å². The minimum atomic E-state index is -0.147. The largest absolute Gasteiger partial charge is 0.488 e. The maximum atomic E-state index is 6.31. The van der Waals surface area contributed by atoms with E-state index in [1.165, 1.54) is 12.2 Å². The Morgan fingerprint density at radius 3 is 2.78 bits per heavy atom. The van der Waals surface area contributed by atoms with Gasteiger partial charge in [0.05, 0.1) is 5.02 Å². The second-order valence-corrected chi connectivity index (χ2v) is 6.82. The zero-order valence-electron chi connectivity index (χ0n) is 10.3. The van der Waals surface area contributed by atoms with Crippen LogP contribution in [0.25, 0.3) is 0 Å². The Balaban J connectivity index is 1.76. The molecular formula is C14H18ClNOS. The van der Waals surface area contributed by atoms with Gasteiger partial charge in [-0.2, -0.15) is 11.8 Å². The van der Waals surface area contributed by atoms with Gasteiger partial charge in [-0.15, -0.1) is 0 Å². The van der Waals surface area contributed by atoms with Crippen molar-refractivity contribution in [3.05, 3.63) is 28.8 Å². The number of benzene rings is 1. The first-order chi connectivity index (χ1) is 8.67. The molecule has 1 saturated carbocycles. The topological polar surface area (TPSA) is 35.2 Å². The summed E-state index contributed by atoms with van der Waals surface area (Å²) in [6.45, 7) is 0. The maximum Gasteiger partial charge on any atom is 0.138 e. The molecule has 2 aliphatic rings. The van der Waals surface area contributed by atoms with Gasteiger partial charge in [-0.3, -0.25) is 0 Å². The van der Waals surface area contributed by atoms with Crippen molar-refractivity contribution in [3.8, 4) is 5.75 Å². The van der Waals surface area contributed by atoms with E-state index < -0.39 is 0 Å². The van der Waals surface area contributed by atoms with Crippen LogP contribution in [0.3, 0.4) is 0 Å². The van der Waals surface area contributed by atoms with Crippen LogP contribution >= 0.6 is 23.4 Å². The molecule has 0 bridgehead atoms. The van der Waals surface area contributed by atoms with Gasteiger partial charge in [0.2, 0.25) is 0 Å². The molecule has 1 heterocycles. The highest BCUT2D eigenvalue weighted by Gasteiger charge is 2.34. The van der Waals surface area contributed by atoms with Crippen LogP contribution in [-0.2, 0) is 5.54 Å². The molecule has 0 spiro atoms. The van der Waals surface area contributed by atoms with Gasteiger partial charge in [-0.05, 0) is 49.1 Å². The third-order valence-corrected chi connectivity index (χ3v) is 5.36. The van der Waals surface area contributed by atoms with Crippen molar-refractivity contribution in [1.29, 1.82) is 0 Å². The summed E-state index contributed by atoms with van der Waals surface area (Å²) in [7, 11) is 0. The SMILES string of the molecule is NC1(c2ccc(OC3CCSC3)c(Cl)c2)CCC1. The maximum absolute atomic E-state index is 6.31. The highest BCUT2D eigenvalue weighted by molar-refractivity contribution is 7.99. The van der Waals surface area contributed by atoms with E-state index in [0.717, 1.165) is 36.3 Å². The lowest BCUT2D eigenvalue weighted by Crippen LogP contribution is -2.43. The van der Waals surface area contributed by atoms with E-state index >= 15 is 0 Å². The molecule has 1 saturated heterocycles. The molecule has 0 radical (unpaired) electrons. The molecule has 2 fully saturated rings. The Morgan fingerprint density at radius 2 is 2.22 bits per heavy atom. The van der Waals surface area contributed by atoms with E-state index in [4.69, 9.17) is 22.1 Å². The minimum absolute atomic E-state index is 0.147. The number of hydrogen-bond donors (Lipinski definition) is 1. The molecule has 1 aliphatic carbocycles. The predicted molar refractivity (Wildman–Crippen MR) is 77.5 cm³/mol. The van der Waals surface area contributed by atoms with E-state index in [9.17, 15) is 0 Å². The Kier molecular flexibility index (Phi) is 3.48. The van der Waals surface area contributed by atoms with Crippen LogP contribution in [0.1, 0.15) is 31.2 Å².